The number of hydrogen-bond donors (Lipinski definition) is 2. The van der Waals surface area contributed by atoms with E-state index in [4.69, 9.17) is 23.2 Å². The van der Waals surface area contributed by atoms with Gasteiger partial charge in [0.05, 0.1) is 24.8 Å². The molecule has 1 saturated heterocycles. The summed E-state index contributed by atoms with van der Waals surface area (Å²) in [6, 6.07) is 13.9. The molecule has 2 aromatic rings. The monoisotopic (exact) mass is 491 g/mol. The number of benzene rings is 2. The van der Waals surface area contributed by atoms with Crippen LogP contribution in [-0.2, 0) is 9.59 Å². The minimum Gasteiger partial charge on any atom is -0.394 e. The number of amides is 1. The molecular formula is C26H31Cl2NO4. The molecule has 7 heteroatoms. The average Bonchev–Trinajstić information content (AvgIpc) is 2.77. The first-order chi connectivity index (χ1) is 15.6. The van der Waals surface area contributed by atoms with Gasteiger partial charge in [-0.25, -0.2) is 0 Å². The molecule has 5 atom stereocenters. The van der Waals surface area contributed by atoms with Crippen LogP contribution in [0.15, 0.2) is 48.5 Å². The van der Waals surface area contributed by atoms with Crippen molar-refractivity contribution in [2.24, 2.45) is 5.41 Å². The summed E-state index contributed by atoms with van der Waals surface area (Å²) in [6.45, 7) is 4.77. The van der Waals surface area contributed by atoms with Crippen LogP contribution in [0.3, 0.4) is 0 Å². The number of carbonyl (C=O) groups excluding carboxylic acids is 2. The van der Waals surface area contributed by atoms with Crippen LogP contribution in [0.25, 0.3) is 0 Å². The molecule has 0 aromatic heterocycles. The fraction of sp³-hybridized carbons (Fsp3) is 0.462. The van der Waals surface area contributed by atoms with Crippen molar-refractivity contribution in [3.63, 3.8) is 0 Å². The van der Waals surface area contributed by atoms with Gasteiger partial charge in [-0.1, -0.05) is 61.3 Å². The molecule has 2 aromatic carbocycles. The van der Waals surface area contributed by atoms with Gasteiger partial charge in [0.2, 0.25) is 5.91 Å². The van der Waals surface area contributed by atoms with Crippen molar-refractivity contribution in [2.45, 2.75) is 64.1 Å². The van der Waals surface area contributed by atoms with E-state index in [1.165, 1.54) is 6.92 Å². The summed E-state index contributed by atoms with van der Waals surface area (Å²) in [4.78, 5) is 28.4. The first kappa shape index (κ1) is 25.7. The van der Waals surface area contributed by atoms with E-state index >= 15 is 0 Å². The molecule has 1 fully saturated rings. The molecule has 1 heterocycles. The number of rotatable bonds is 8. The van der Waals surface area contributed by atoms with E-state index in [0.717, 1.165) is 11.1 Å². The summed E-state index contributed by atoms with van der Waals surface area (Å²) in [7, 11) is 0. The Bertz CT molecular complexity index is 996. The second kappa shape index (κ2) is 10.6. The second-order valence-corrected chi connectivity index (χ2v) is 10.1. The Labute approximate surface area is 205 Å². The van der Waals surface area contributed by atoms with Gasteiger partial charge in [-0.05, 0) is 61.6 Å². The maximum absolute atomic E-state index is 14.0. The van der Waals surface area contributed by atoms with Gasteiger partial charge < -0.3 is 15.1 Å². The van der Waals surface area contributed by atoms with Crippen molar-refractivity contribution in [3.8, 4) is 0 Å². The van der Waals surface area contributed by atoms with Crippen molar-refractivity contribution in [3.05, 3.63) is 69.7 Å². The molecule has 178 valence electrons. The molecule has 1 amide bonds. The number of hydrogen-bond acceptors (Lipinski definition) is 4. The molecule has 0 bridgehead atoms. The van der Waals surface area contributed by atoms with Crippen LogP contribution in [0, 0.1) is 5.41 Å². The molecule has 0 aliphatic carbocycles. The summed E-state index contributed by atoms with van der Waals surface area (Å²) >= 11 is 12.5. The van der Waals surface area contributed by atoms with Crippen LogP contribution in [-0.4, -0.2) is 45.6 Å². The minimum absolute atomic E-state index is 0.0948. The predicted octanol–water partition coefficient (Wildman–Crippen LogP) is 5.17. The quantitative estimate of drug-likeness (QED) is 0.533. The summed E-state index contributed by atoms with van der Waals surface area (Å²) < 4.78 is 0. The van der Waals surface area contributed by atoms with E-state index < -0.39 is 30.2 Å². The van der Waals surface area contributed by atoms with Gasteiger partial charge in [0.15, 0.2) is 5.78 Å². The number of piperidine rings is 1. The molecule has 0 spiro atoms. The minimum atomic E-state index is -1.04. The van der Waals surface area contributed by atoms with E-state index in [1.807, 2.05) is 44.2 Å². The largest absolute Gasteiger partial charge is 0.394 e. The van der Waals surface area contributed by atoms with Crippen molar-refractivity contribution in [1.82, 2.24) is 4.90 Å². The molecule has 1 aliphatic rings. The Morgan fingerprint density at radius 2 is 1.82 bits per heavy atom. The Morgan fingerprint density at radius 1 is 1.15 bits per heavy atom. The Morgan fingerprint density at radius 3 is 2.36 bits per heavy atom. The fourth-order valence-electron chi connectivity index (χ4n) is 5.18. The third kappa shape index (κ3) is 5.43. The summed E-state index contributed by atoms with van der Waals surface area (Å²) in [6.07, 6.45) is -0.0457. The highest BCUT2D eigenvalue weighted by atomic mass is 35.5. The highest BCUT2D eigenvalue weighted by Crippen LogP contribution is 2.52. The number of ketones is 1. The summed E-state index contributed by atoms with van der Waals surface area (Å²) in [5, 5.41) is 20.9. The molecule has 3 rings (SSSR count). The molecule has 1 unspecified atom stereocenters. The van der Waals surface area contributed by atoms with Crippen LogP contribution in [0.1, 0.15) is 63.1 Å². The van der Waals surface area contributed by atoms with Crippen molar-refractivity contribution in [2.75, 3.05) is 6.61 Å². The van der Waals surface area contributed by atoms with Gasteiger partial charge in [-0.2, -0.15) is 0 Å². The van der Waals surface area contributed by atoms with Gasteiger partial charge in [-0.3, -0.25) is 9.59 Å². The molecule has 5 nitrogen and oxygen atoms in total. The molecular weight excluding hydrogens is 461 g/mol. The third-order valence-electron chi connectivity index (χ3n) is 6.68. The van der Waals surface area contributed by atoms with Crippen LogP contribution in [0.5, 0.6) is 0 Å². The van der Waals surface area contributed by atoms with Crippen molar-refractivity contribution >= 4 is 34.9 Å². The molecule has 33 heavy (non-hydrogen) atoms. The van der Waals surface area contributed by atoms with Crippen LogP contribution >= 0.6 is 23.2 Å². The number of carbonyl (C=O) groups is 2. The lowest BCUT2D eigenvalue weighted by molar-refractivity contribution is -0.160. The van der Waals surface area contributed by atoms with Crippen molar-refractivity contribution < 1.29 is 19.8 Å². The fourth-order valence-corrected chi connectivity index (χ4v) is 5.50. The maximum Gasteiger partial charge on any atom is 0.229 e. The Kier molecular flexibility index (Phi) is 8.22. The lowest BCUT2D eigenvalue weighted by Gasteiger charge is -2.52. The zero-order valence-electron chi connectivity index (χ0n) is 19.2. The smallest absolute Gasteiger partial charge is 0.229 e. The van der Waals surface area contributed by atoms with E-state index in [9.17, 15) is 19.8 Å². The van der Waals surface area contributed by atoms with E-state index in [1.54, 1.807) is 23.1 Å². The number of Topliss-reactive ketones (excluding diaryl/α,β-unsaturated/α-hetero) is 1. The van der Waals surface area contributed by atoms with Gasteiger partial charge in [0.25, 0.3) is 0 Å². The number of likely N-dealkylation sites (tertiary alicyclic amines) is 1. The maximum atomic E-state index is 14.0. The second-order valence-electron chi connectivity index (χ2n) is 9.21. The van der Waals surface area contributed by atoms with Gasteiger partial charge in [0.1, 0.15) is 0 Å². The first-order valence-electron chi connectivity index (χ1n) is 11.2. The van der Waals surface area contributed by atoms with Crippen LogP contribution in [0.2, 0.25) is 10.0 Å². The highest BCUT2D eigenvalue weighted by Gasteiger charge is 2.52. The third-order valence-corrected chi connectivity index (χ3v) is 7.17. The normalized spacial score (nSPS) is 25.1. The van der Waals surface area contributed by atoms with Crippen LogP contribution in [0.4, 0.5) is 0 Å². The first-order valence-corrected chi connectivity index (χ1v) is 12.0. The van der Waals surface area contributed by atoms with E-state index in [0.29, 0.717) is 22.9 Å². The zero-order valence-corrected chi connectivity index (χ0v) is 20.7. The molecule has 0 radical (unpaired) electrons. The number of aliphatic hydroxyl groups excluding tert-OH is 2. The molecule has 2 N–H and O–H groups in total. The number of aliphatic hydroxyl groups is 2. The average molecular weight is 492 g/mol. The lowest BCUT2D eigenvalue weighted by atomic mass is 9.66. The highest BCUT2D eigenvalue weighted by molar-refractivity contribution is 6.30. The zero-order chi connectivity index (χ0) is 24.3. The SMILES string of the molecule is CC[C@@H](C(C)=O)N1C(=O)[C@@](C)(CC(O)CO)C[C@H](c2cccc(Cl)c2)[C@H]1c1ccc(Cl)cc1. The van der Waals surface area contributed by atoms with E-state index in [2.05, 4.69) is 0 Å². The van der Waals surface area contributed by atoms with E-state index in [-0.39, 0.29) is 24.0 Å². The lowest BCUT2D eigenvalue weighted by Crippen LogP contribution is -2.57. The summed E-state index contributed by atoms with van der Waals surface area (Å²) in [5.74, 6) is -0.483. The summed E-state index contributed by atoms with van der Waals surface area (Å²) in [5.41, 5.74) is 0.853. The van der Waals surface area contributed by atoms with Crippen LogP contribution < -0.4 is 0 Å². The van der Waals surface area contributed by atoms with Gasteiger partial charge >= 0.3 is 0 Å². The van der Waals surface area contributed by atoms with Crippen molar-refractivity contribution in [1.29, 1.82) is 0 Å². The van der Waals surface area contributed by atoms with Gasteiger partial charge in [0, 0.05) is 21.4 Å². The Balaban J connectivity index is 2.24. The topological polar surface area (TPSA) is 77.8 Å². The number of halogens is 2. The van der Waals surface area contributed by atoms with Gasteiger partial charge in [-0.15, -0.1) is 0 Å². The number of nitrogens with zero attached hydrogens (tertiary/aromatic N) is 1. The predicted molar refractivity (Wildman–Crippen MR) is 130 cm³/mol. The Hall–Kier alpha value is -1.92. The standard InChI is InChI=1S/C26H31Cl2NO4/c1-4-23(16(2)31)29-24(17-8-10-19(27)11-9-17)22(18-6-5-7-20(28)12-18)14-26(3,25(29)33)13-21(32)15-30/h5-12,21-24,30,32H,4,13-15H2,1-3H3/t21?,22-,23+,24-,26+/m1/s1. The molecule has 0 saturated carbocycles. The molecule has 1 aliphatic heterocycles.